The van der Waals surface area contributed by atoms with Gasteiger partial charge < -0.3 is 0 Å². The maximum absolute atomic E-state index is 11.0. The van der Waals surface area contributed by atoms with Crippen molar-refractivity contribution in [1.29, 1.82) is 0 Å². The van der Waals surface area contributed by atoms with Gasteiger partial charge in [0.15, 0.2) is 0 Å². The Kier molecular flexibility index (Phi) is 8.55. The molecule has 0 bridgehead atoms. The molecule has 122 valence electrons. The summed E-state index contributed by atoms with van der Waals surface area (Å²) in [5.74, 6) is 0.0643. The molecule has 0 atom stereocenters. The summed E-state index contributed by atoms with van der Waals surface area (Å²) in [4.78, 5) is 21.9. The number of nitrogen functional groups attached to an aromatic ring is 1. The normalized spacial score (nSPS) is 10.6. The second kappa shape index (κ2) is 9.89. The van der Waals surface area contributed by atoms with Crippen LogP contribution in [0.5, 0.6) is 5.75 Å². The van der Waals surface area contributed by atoms with Gasteiger partial charge in [-0.1, -0.05) is 0 Å². The Morgan fingerprint density at radius 2 is 1.77 bits per heavy atom. The minimum atomic E-state index is -1.81. The summed E-state index contributed by atoms with van der Waals surface area (Å²) in [7, 11) is 2.89. The van der Waals surface area contributed by atoms with Crippen molar-refractivity contribution in [2.45, 2.75) is 0 Å². The van der Waals surface area contributed by atoms with E-state index in [-0.39, 0.29) is 24.7 Å². The number of benzene rings is 1. The molecule has 0 aliphatic heterocycles. The molecule has 0 aliphatic carbocycles. The zero-order chi connectivity index (χ0) is 16.5. The van der Waals surface area contributed by atoms with Crippen LogP contribution in [-0.4, -0.2) is 54.0 Å². The van der Waals surface area contributed by atoms with Crippen molar-refractivity contribution in [2.24, 2.45) is 11.5 Å². The zero-order valence-electron chi connectivity index (χ0n) is 11.7. The Morgan fingerprint density at radius 3 is 2.23 bits per heavy atom. The predicted molar refractivity (Wildman–Crippen MR) is 92.1 cm³/mol. The average Bonchev–Trinajstić information content (AvgIpc) is 2.45. The van der Waals surface area contributed by atoms with Gasteiger partial charge in [-0.2, -0.15) is 0 Å². The van der Waals surface area contributed by atoms with E-state index < -0.39 is 24.2 Å². The van der Waals surface area contributed by atoms with Crippen LogP contribution in [0.25, 0.3) is 0 Å². The first-order chi connectivity index (χ1) is 10.4. The van der Waals surface area contributed by atoms with Gasteiger partial charge in [0, 0.05) is 0 Å². The zero-order valence-corrected chi connectivity index (χ0v) is 15.2. The average molecular weight is 407 g/mol. The van der Waals surface area contributed by atoms with Crippen LogP contribution in [0.1, 0.15) is 0 Å². The summed E-state index contributed by atoms with van der Waals surface area (Å²) in [6, 6.07) is 5.34. The molecule has 0 unspecified atom stereocenters. The second-order valence-corrected chi connectivity index (χ2v) is 15.5. The number of rotatable bonds is 10. The Hall–Kier alpha value is -1.02. The summed E-state index contributed by atoms with van der Waals surface area (Å²) in [6.45, 7) is 0.0692. The number of anilines is 1. The van der Waals surface area contributed by atoms with Crippen molar-refractivity contribution >= 4 is 54.2 Å². The summed E-state index contributed by atoms with van der Waals surface area (Å²) < 4.78 is 6.27. The van der Waals surface area contributed by atoms with Crippen LogP contribution in [0.3, 0.4) is 0 Å². The standard InChI is InChI=1S/C12H18AsN3O4S2/c14-9-5-8(1-2-10(9)20-4-3-17)13(21-6-11(15)18)22-7-12(16)19/h1-2,5,17H,3-4,6-7,14H2,(H2,15,18)(H2,16,19). The third kappa shape index (κ3) is 6.83. The molecule has 1 rings (SSSR count). The molecule has 0 aromatic heterocycles. The number of aliphatic hydroxyl groups is 1. The number of carbonyl (C=O) groups excluding carboxylic acids is 2. The number of nitrogens with two attached hydrogens (primary N) is 3. The van der Waals surface area contributed by atoms with E-state index in [2.05, 4.69) is 0 Å². The molecule has 0 fully saturated rings. The number of primary amides is 2. The Labute approximate surface area is 139 Å². The molecule has 0 saturated heterocycles. The topological polar surface area (TPSA) is 142 Å². The third-order valence-corrected chi connectivity index (χ3v) is 15.0. The van der Waals surface area contributed by atoms with E-state index in [1.807, 2.05) is 6.07 Å². The van der Waals surface area contributed by atoms with Crippen molar-refractivity contribution in [2.75, 3.05) is 30.5 Å². The Morgan fingerprint density at radius 1 is 1.18 bits per heavy atom. The quantitative estimate of drug-likeness (QED) is 0.281. The molecule has 2 amide bonds. The fourth-order valence-corrected chi connectivity index (χ4v) is 12.6. The summed E-state index contributed by atoms with van der Waals surface area (Å²) in [6.07, 6.45) is 0. The summed E-state index contributed by atoms with van der Waals surface area (Å²) in [5, 5.41) is 8.75. The molecule has 0 saturated carbocycles. The first-order valence-electron chi connectivity index (χ1n) is 6.19. The van der Waals surface area contributed by atoms with Gasteiger partial charge in [-0.15, -0.1) is 0 Å². The van der Waals surface area contributed by atoms with Crippen LogP contribution in [0.2, 0.25) is 0 Å². The van der Waals surface area contributed by atoms with Gasteiger partial charge in [0.25, 0.3) is 0 Å². The molecule has 0 spiro atoms. The van der Waals surface area contributed by atoms with Crippen molar-refractivity contribution in [3.8, 4) is 5.75 Å². The van der Waals surface area contributed by atoms with Gasteiger partial charge in [0.05, 0.1) is 0 Å². The van der Waals surface area contributed by atoms with E-state index >= 15 is 0 Å². The molecule has 22 heavy (non-hydrogen) atoms. The molecule has 1 aromatic carbocycles. The monoisotopic (exact) mass is 407 g/mol. The fraction of sp³-hybridized carbons (Fsp3) is 0.333. The van der Waals surface area contributed by atoms with Crippen LogP contribution in [0.4, 0.5) is 5.69 Å². The van der Waals surface area contributed by atoms with Gasteiger partial charge >= 0.3 is 140 Å². The van der Waals surface area contributed by atoms with E-state index in [9.17, 15) is 9.59 Å². The van der Waals surface area contributed by atoms with Crippen LogP contribution < -0.4 is 26.3 Å². The van der Waals surface area contributed by atoms with E-state index in [4.69, 9.17) is 27.0 Å². The molecule has 1 aromatic rings. The Balaban J connectivity index is 2.85. The Bertz CT molecular complexity index is 515. The van der Waals surface area contributed by atoms with E-state index in [0.29, 0.717) is 11.4 Å². The van der Waals surface area contributed by atoms with E-state index in [1.165, 1.54) is 20.0 Å². The SMILES string of the molecule is NC(=O)CS[As](SCC(N)=O)c1ccc(OCCO)c(N)c1. The predicted octanol–water partition coefficient (Wildman–Crippen LogP) is -1.23. The maximum atomic E-state index is 11.0. The number of amides is 2. The molecule has 0 radical (unpaired) electrons. The van der Waals surface area contributed by atoms with Gasteiger partial charge in [-0.05, 0) is 0 Å². The van der Waals surface area contributed by atoms with Crippen molar-refractivity contribution in [3.63, 3.8) is 0 Å². The number of aliphatic hydroxyl groups excluding tert-OH is 1. The summed E-state index contributed by atoms with van der Waals surface area (Å²) in [5.41, 5.74) is 16.7. The van der Waals surface area contributed by atoms with Gasteiger partial charge in [-0.25, -0.2) is 0 Å². The van der Waals surface area contributed by atoms with Crippen molar-refractivity contribution in [3.05, 3.63) is 18.2 Å². The number of ether oxygens (including phenoxy) is 1. The van der Waals surface area contributed by atoms with Crippen LogP contribution in [0, 0.1) is 0 Å². The van der Waals surface area contributed by atoms with Crippen LogP contribution in [-0.2, 0) is 9.59 Å². The molecule has 7 nitrogen and oxygen atoms in total. The molecule has 10 heteroatoms. The molecule has 0 aliphatic rings. The first-order valence-corrected chi connectivity index (χ1v) is 13.6. The molecule has 7 N–H and O–H groups in total. The third-order valence-electron chi connectivity index (χ3n) is 2.20. The number of hydrogen-bond acceptors (Lipinski definition) is 7. The van der Waals surface area contributed by atoms with E-state index in [1.54, 1.807) is 12.1 Å². The minimum absolute atomic E-state index is 0.0953. The fourth-order valence-electron chi connectivity index (χ4n) is 1.37. The summed E-state index contributed by atoms with van der Waals surface area (Å²) >= 11 is -1.81. The van der Waals surface area contributed by atoms with Crippen molar-refractivity contribution < 1.29 is 19.4 Å². The molecule has 0 heterocycles. The van der Waals surface area contributed by atoms with E-state index in [0.717, 1.165) is 4.35 Å². The molecular weight excluding hydrogens is 389 g/mol. The molecular formula is C12H18AsN3O4S2. The number of hydrogen-bond donors (Lipinski definition) is 4. The van der Waals surface area contributed by atoms with Crippen molar-refractivity contribution in [1.82, 2.24) is 0 Å². The second-order valence-electron chi connectivity index (χ2n) is 4.03. The van der Waals surface area contributed by atoms with Crippen LogP contribution in [0.15, 0.2) is 18.2 Å². The van der Waals surface area contributed by atoms with Gasteiger partial charge in [0.2, 0.25) is 0 Å². The first kappa shape index (κ1) is 19.0. The van der Waals surface area contributed by atoms with Gasteiger partial charge in [0.1, 0.15) is 0 Å². The number of carbonyl (C=O) groups is 2. The van der Waals surface area contributed by atoms with Gasteiger partial charge in [-0.3, -0.25) is 0 Å². The van der Waals surface area contributed by atoms with Crippen LogP contribution >= 0.6 is 20.0 Å².